The maximum absolute atomic E-state index is 14.0. The Morgan fingerprint density at radius 3 is 2.24 bits per heavy atom. The monoisotopic (exact) mass is 355 g/mol. The molecule has 2 fully saturated rings. The first-order chi connectivity index (χ1) is 11.9. The van der Waals surface area contributed by atoms with Gasteiger partial charge in [0.2, 0.25) is 0 Å². The summed E-state index contributed by atoms with van der Waals surface area (Å²) in [5.74, 6) is -1.06. The van der Waals surface area contributed by atoms with Crippen molar-refractivity contribution in [3.63, 3.8) is 0 Å². The Balaban J connectivity index is 0.000000374. The number of nitrogens with zero attached hydrogens (tertiary/aromatic N) is 1. The van der Waals surface area contributed by atoms with Crippen LogP contribution in [0.4, 0.5) is 4.39 Å². The van der Waals surface area contributed by atoms with Crippen LogP contribution in [0.2, 0.25) is 0 Å². The van der Waals surface area contributed by atoms with Gasteiger partial charge in [-0.1, -0.05) is 23.4 Å². The second-order valence-corrected chi connectivity index (χ2v) is 5.70. The molecule has 6 nitrogen and oxygen atoms in total. The number of rotatable bonds is 3. The van der Waals surface area contributed by atoms with Gasteiger partial charge >= 0.3 is 0 Å². The summed E-state index contributed by atoms with van der Waals surface area (Å²) in [5, 5.41) is 19.5. The summed E-state index contributed by atoms with van der Waals surface area (Å²) in [7, 11) is 0. The minimum atomic E-state index is -0.833. The maximum atomic E-state index is 14.0. The normalized spacial score (nSPS) is 21.2. The molecule has 1 saturated heterocycles. The van der Waals surface area contributed by atoms with Crippen molar-refractivity contribution in [1.82, 2.24) is 0 Å². The predicted molar refractivity (Wildman–Crippen MR) is 91.5 cm³/mol. The molecule has 25 heavy (non-hydrogen) atoms. The van der Waals surface area contributed by atoms with E-state index in [9.17, 15) is 4.39 Å². The predicted octanol–water partition coefficient (Wildman–Crippen LogP) is 3.57. The van der Waals surface area contributed by atoms with Crippen LogP contribution in [0, 0.1) is 5.82 Å². The molecule has 0 atom stereocenters. The molecule has 0 spiro atoms. The summed E-state index contributed by atoms with van der Waals surface area (Å²) in [5.41, 5.74) is 0.805. The Labute approximate surface area is 147 Å². The summed E-state index contributed by atoms with van der Waals surface area (Å²) < 4.78 is 24.3. The average molecular weight is 355 g/mol. The van der Waals surface area contributed by atoms with E-state index in [1.54, 1.807) is 12.1 Å². The number of halogens is 1. The van der Waals surface area contributed by atoms with Gasteiger partial charge in [0.1, 0.15) is 5.82 Å². The summed E-state index contributed by atoms with van der Waals surface area (Å²) in [4.78, 5) is 9.00. The number of carboxylic acids is 1. The van der Waals surface area contributed by atoms with Crippen LogP contribution >= 0.6 is 0 Å². The molecule has 2 aliphatic rings. The van der Waals surface area contributed by atoms with Crippen LogP contribution in [0.3, 0.4) is 0 Å². The first kappa shape index (κ1) is 21.1. The molecule has 1 aromatic rings. The number of oxime groups is 1. The number of hydrogen-bond acceptors (Lipinski definition) is 5. The minimum Gasteiger partial charge on any atom is -0.481 e. The van der Waals surface area contributed by atoms with E-state index in [0.29, 0.717) is 37.9 Å². The second-order valence-electron chi connectivity index (χ2n) is 5.70. The fourth-order valence-corrected chi connectivity index (χ4v) is 2.64. The molecule has 2 N–H and O–H groups in total. The van der Waals surface area contributed by atoms with Gasteiger partial charge in [0.15, 0.2) is 0 Å². The highest BCUT2D eigenvalue weighted by atomic mass is 19.1. The lowest BCUT2D eigenvalue weighted by atomic mass is 9.78. The van der Waals surface area contributed by atoms with Gasteiger partial charge in [-0.3, -0.25) is 4.79 Å². The largest absolute Gasteiger partial charge is 0.481 e. The molecule has 1 saturated carbocycles. The maximum Gasteiger partial charge on any atom is 0.300 e. The number of epoxide rings is 1. The van der Waals surface area contributed by atoms with Crippen molar-refractivity contribution in [3.05, 3.63) is 35.6 Å². The highest BCUT2D eigenvalue weighted by Gasteiger charge is 2.38. The molecule has 0 aromatic heterocycles. The third-order valence-electron chi connectivity index (χ3n) is 3.77. The topological polar surface area (TPSA) is 91.7 Å². The third kappa shape index (κ3) is 7.62. The lowest BCUT2D eigenvalue weighted by molar-refractivity contribution is -0.134. The molecular weight excluding hydrogens is 329 g/mol. The summed E-state index contributed by atoms with van der Waals surface area (Å²) in [6, 6.07) is 6.76. The molecule has 3 rings (SSSR count). The Morgan fingerprint density at radius 2 is 1.84 bits per heavy atom. The first-order valence-corrected chi connectivity index (χ1v) is 8.31. The summed E-state index contributed by atoms with van der Waals surface area (Å²) in [6.45, 7) is 5.54. The Kier molecular flexibility index (Phi) is 9.08. The zero-order valence-corrected chi connectivity index (χ0v) is 14.7. The van der Waals surface area contributed by atoms with E-state index < -0.39 is 11.6 Å². The zero-order valence-electron chi connectivity index (χ0n) is 14.7. The van der Waals surface area contributed by atoms with Crippen molar-refractivity contribution < 1.29 is 29.0 Å². The zero-order chi connectivity index (χ0) is 18.7. The van der Waals surface area contributed by atoms with Crippen molar-refractivity contribution in [2.24, 2.45) is 5.16 Å². The number of carboxylic acid groups (broad SMARTS) is 1. The molecular formula is C18H26FNO5. The summed E-state index contributed by atoms with van der Waals surface area (Å²) >= 11 is 0. The lowest BCUT2D eigenvalue weighted by Crippen LogP contribution is -2.35. The molecule has 7 heteroatoms. The molecule has 0 radical (unpaired) electrons. The van der Waals surface area contributed by atoms with Crippen molar-refractivity contribution in [2.45, 2.75) is 45.1 Å². The van der Waals surface area contributed by atoms with Crippen LogP contribution < -0.4 is 0 Å². The number of carbonyl (C=O) groups is 1. The van der Waals surface area contributed by atoms with Crippen LogP contribution in [0.5, 0.6) is 0 Å². The van der Waals surface area contributed by atoms with Gasteiger partial charge in [-0.05, 0) is 38.7 Å². The van der Waals surface area contributed by atoms with Gasteiger partial charge in [0.25, 0.3) is 5.97 Å². The van der Waals surface area contributed by atoms with Crippen LogP contribution in [-0.2, 0) is 19.9 Å². The van der Waals surface area contributed by atoms with Crippen LogP contribution in [0.15, 0.2) is 29.4 Å². The molecule has 0 bridgehead atoms. The van der Waals surface area contributed by atoms with Crippen molar-refractivity contribution in [3.8, 4) is 0 Å². The van der Waals surface area contributed by atoms with E-state index in [1.165, 1.54) is 6.07 Å². The van der Waals surface area contributed by atoms with Crippen molar-refractivity contribution in [2.75, 3.05) is 19.8 Å². The molecule has 0 amide bonds. The second kappa shape index (κ2) is 10.8. The van der Waals surface area contributed by atoms with Crippen molar-refractivity contribution in [1.29, 1.82) is 0 Å². The number of hydrogen-bond donors (Lipinski definition) is 2. The standard InChI is InChI=1S/C14H18FNO2.C2H4O2.C2H4O/c1-2-18-14(9-7-11(16-17)8-10-14)12-5-3-4-6-13(12)15;1-2(3)4;1-2-3-1/h3-6,17H,2,7-10H2,1H3;1H3,(H,3,4);1-2H2. The molecule has 140 valence electrons. The van der Waals surface area contributed by atoms with Gasteiger partial charge in [-0.15, -0.1) is 0 Å². The fourth-order valence-electron chi connectivity index (χ4n) is 2.64. The van der Waals surface area contributed by atoms with E-state index in [4.69, 9.17) is 19.8 Å². The van der Waals surface area contributed by atoms with Gasteiger partial charge in [0.05, 0.1) is 24.5 Å². The number of ether oxygens (including phenoxy) is 2. The van der Waals surface area contributed by atoms with E-state index in [-0.39, 0.29) is 5.82 Å². The van der Waals surface area contributed by atoms with Gasteiger partial charge in [-0.2, -0.15) is 0 Å². The third-order valence-corrected chi connectivity index (χ3v) is 3.77. The van der Waals surface area contributed by atoms with Crippen molar-refractivity contribution >= 4 is 11.7 Å². The van der Waals surface area contributed by atoms with E-state index in [2.05, 4.69) is 9.89 Å². The minimum absolute atomic E-state index is 0.227. The quantitative estimate of drug-likeness (QED) is 0.491. The molecule has 1 aliphatic heterocycles. The number of benzene rings is 1. The van der Waals surface area contributed by atoms with Gasteiger partial charge < -0.3 is 19.8 Å². The fraction of sp³-hybridized carbons (Fsp3) is 0.556. The smallest absolute Gasteiger partial charge is 0.300 e. The highest BCUT2D eigenvalue weighted by Crippen LogP contribution is 2.40. The molecule has 1 aliphatic carbocycles. The van der Waals surface area contributed by atoms with E-state index in [0.717, 1.165) is 25.8 Å². The van der Waals surface area contributed by atoms with Gasteiger partial charge in [-0.25, -0.2) is 4.39 Å². The first-order valence-electron chi connectivity index (χ1n) is 8.31. The van der Waals surface area contributed by atoms with E-state index >= 15 is 0 Å². The average Bonchev–Trinajstić information content (AvgIpc) is 3.44. The summed E-state index contributed by atoms with van der Waals surface area (Å²) in [6.07, 6.45) is 2.60. The molecule has 1 heterocycles. The number of aliphatic carboxylic acids is 1. The Morgan fingerprint density at radius 1 is 1.32 bits per heavy atom. The van der Waals surface area contributed by atoms with Crippen LogP contribution in [0.25, 0.3) is 0 Å². The van der Waals surface area contributed by atoms with Crippen LogP contribution in [0.1, 0.15) is 45.1 Å². The SMILES string of the molecule is C1CO1.CC(=O)O.CCOC1(c2ccccc2F)CCC(=NO)CC1. The van der Waals surface area contributed by atoms with Gasteiger partial charge in [0, 0.05) is 19.1 Å². The molecule has 0 unspecified atom stereocenters. The van der Waals surface area contributed by atoms with E-state index in [1.807, 2.05) is 13.0 Å². The Bertz CT molecular complexity index is 558. The lowest BCUT2D eigenvalue weighted by Gasteiger charge is -2.37. The molecule has 1 aromatic carbocycles. The highest BCUT2D eigenvalue weighted by molar-refractivity contribution is 5.84. The van der Waals surface area contributed by atoms with Crippen LogP contribution in [-0.4, -0.2) is 41.8 Å². The Hall–Kier alpha value is -1.99.